The van der Waals surface area contributed by atoms with Crippen LogP contribution in [-0.4, -0.2) is 37.0 Å². The highest BCUT2D eigenvalue weighted by atomic mass is 16.5. The summed E-state index contributed by atoms with van der Waals surface area (Å²) in [7, 11) is 1.60. The summed E-state index contributed by atoms with van der Waals surface area (Å²) in [5.74, 6) is 0.502. The van der Waals surface area contributed by atoms with Gasteiger partial charge in [-0.1, -0.05) is 35.9 Å². The van der Waals surface area contributed by atoms with Gasteiger partial charge in [0.05, 0.1) is 7.11 Å². The van der Waals surface area contributed by atoms with Gasteiger partial charge < -0.3 is 15.0 Å². The zero-order valence-electron chi connectivity index (χ0n) is 18.4. The molecule has 32 heavy (non-hydrogen) atoms. The molecule has 3 aromatic carbocycles. The van der Waals surface area contributed by atoms with E-state index >= 15 is 0 Å². The molecule has 0 spiro atoms. The molecule has 1 saturated heterocycles. The first-order valence-corrected chi connectivity index (χ1v) is 10.7. The number of nitrogens with zero attached hydrogens (tertiary/aromatic N) is 2. The molecule has 0 aliphatic carbocycles. The van der Waals surface area contributed by atoms with E-state index in [0.29, 0.717) is 24.3 Å². The van der Waals surface area contributed by atoms with Crippen LogP contribution in [0.4, 0.5) is 16.2 Å². The Morgan fingerprint density at radius 3 is 2.53 bits per heavy atom. The second-order valence-electron chi connectivity index (χ2n) is 7.93. The van der Waals surface area contributed by atoms with Gasteiger partial charge in [0.15, 0.2) is 0 Å². The topological polar surface area (TPSA) is 61.9 Å². The maximum absolute atomic E-state index is 13.2. The SMILES string of the molecule is COc1ccc(NC(=O)c2cccc(N3CCCN(Cc4cccc(C)c4)C3=O)c2)cc1. The number of nitrogens with one attached hydrogen (secondary N) is 1. The molecule has 1 N–H and O–H groups in total. The maximum atomic E-state index is 13.2. The number of aryl methyl sites for hydroxylation is 1. The molecule has 6 heteroatoms. The van der Waals surface area contributed by atoms with E-state index in [1.807, 2.05) is 29.2 Å². The van der Waals surface area contributed by atoms with Gasteiger partial charge in [0, 0.05) is 36.6 Å². The Kier molecular flexibility index (Phi) is 6.40. The van der Waals surface area contributed by atoms with Gasteiger partial charge in [0.2, 0.25) is 0 Å². The number of urea groups is 1. The zero-order valence-corrected chi connectivity index (χ0v) is 18.4. The van der Waals surface area contributed by atoms with Crippen molar-refractivity contribution in [1.29, 1.82) is 0 Å². The summed E-state index contributed by atoms with van der Waals surface area (Å²) in [4.78, 5) is 29.6. The fourth-order valence-electron chi connectivity index (χ4n) is 3.89. The predicted octanol–water partition coefficient (Wildman–Crippen LogP) is 5.09. The number of carbonyl (C=O) groups excluding carboxylic acids is 2. The van der Waals surface area contributed by atoms with E-state index in [2.05, 4.69) is 24.4 Å². The highest BCUT2D eigenvalue weighted by Gasteiger charge is 2.27. The summed E-state index contributed by atoms with van der Waals surface area (Å²) < 4.78 is 5.15. The van der Waals surface area contributed by atoms with Gasteiger partial charge in [-0.2, -0.15) is 0 Å². The number of anilines is 2. The van der Waals surface area contributed by atoms with Crippen molar-refractivity contribution in [3.63, 3.8) is 0 Å². The van der Waals surface area contributed by atoms with Crippen LogP contribution in [0.5, 0.6) is 5.75 Å². The second kappa shape index (κ2) is 9.56. The third-order valence-electron chi connectivity index (χ3n) is 5.53. The Balaban J connectivity index is 1.47. The van der Waals surface area contributed by atoms with Crippen LogP contribution in [0.2, 0.25) is 0 Å². The Morgan fingerprint density at radius 2 is 1.78 bits per heavy atom. The maximum Gasteiger partial charge on any atom is 0.324 e. The molecule has 4 rings (SSSR count). The van der Waals surface area contributed by atoms with Gasteiger partial charge in [-0.25, -0.2) is 4.79 Å². The summed E-state index contributed by atoms with van der Waals surface area (Å²) in [5, 5.41) is 2.89. The van der Waals surface area contributed by atoms with Crippen LogP contribution in [0.3, 0.4) is 0 Å². The van der Waals surface area contributed by atoms with Crippen LogP contribution in [0, 0.1) is 6.92 Å². The highest BCUT2D eigenvalue weighted by Crippen LogP contribution is 2.24. The molecule has 1 aliphatic rings. The normalized spacial score (nSPS) is 13.8. The molecule has 0 atom stereocenters. The van der Waals surface area contributed by atoms with Crippen molar-refractivity contribution in [2.24, 2.45) is 0 Å². The van der Waals surface area contributed by atoms with Crippen molar-refractivity contribution in [3.8, 4) is 5.75 Å². The summed E-state index contributed by atoms with van der Waals surface area (Å²) in [6.45, 7) is 3.98. The largest absolute Gasteiger partial charge is 0.497 e. The van der Waals surface area contributed by atoms with E-state index in [1.165, 1.54) is 5.56 Å². The van der Waals surface area contributed by atoms with Crippen LogP contribution in [-0.2, 0) is 6.54 Å². The number of rotatable bonds is 6. The minimum atomic E-state index is -0.224. The van der Waals surface area contributed by atoms with Crippen LogP contribution in [0.1, 0.15) is 27.9 Å². The molecule has 1 heterocycles. The molecule has 6 nitrogen and oxygen atoms in total. The van der Waals surface area contributed by atoms with Gasteiger partial charge in [0.1, 0.15) is 5.75 Å². The third kappa shape index (κ3) is 4.91. The van der Waals surface area contributed by atoms with E-state index in [9.17, 15) is 9.59 Å². The first kappa shape index (κ1) is 21.4. The molecule has 0 radical (unpaired) electrons. The second-order valence-corrected chi connectivity index (χ2v) is 7.93. The van der Waals surface area contributed by atoms with Gasteiger partial charge >= 0.3 is 6.03 Å². The van der Waals surface area contributed by atoms with E-state index in [1.54, 1.807) is 48.4 Å². The van der Waals surface area contributed by atoms with Crippen molar-refractivity contribution in [1.82, 2.24) is 4.90 Å². The molecule has 3 aromatic rings. The average Bonchev–Trinajstić information content (AvgIpc) is 2.81. The third-order valence-corrected chi connectivity index (χ3v) is 5.53. The Hall–Kier alpha value is -3.80. The van der Waals surface area contributed by atoms with Crippen LogP contribution in [0.25, 0.3) is 0 Å². The monoisotopic (exact) mass is 429 g/mol. The number of hydrogen-bond donors (Lipinski definition) is 1. The predicted molar refractivity (Wildman–Crippen MR) is 126 cm³/mol. The molecular weight excluding hydrogens is 402 g/mol. The fraction of sp³-hybridized carbons (Fsp3) is 0.231. The number of hydrogen-bond acceptors (Lipinski definition) is 3. The van der Waals surface area contributed by atoms with Crippen LogP contribution < -0.4 is 15.0 Å². The van der Waals surface area contributed by atoms with Crippen LogP contribution in [0.15, 0.2) is 72.8 Å². The zero-order chi connectivity index (χ0) is 22.5. The number of benzene rings is 3. The van der Waals surface area contributed by atoms with Gasteiger partial charge in [0.25, 0.3) is 5.91 Å². The molecule has 0 saturated carbocycles. The highest BCUT2D eigenvalue weighted by molar-refractivity contribution is 6.05. The van der Waals surface area contributed by atoms with Gasteiger partial charge in [-0.3, -0.25) is 9.69 Å². The molecule has 0 bridgehead atoms. The summed E-state index contributed by atoms with van der Waals surface area (Å²) in [5.41, 5.74) is 4.21. The number of carbonyl (C=O) groups is 2. The summed E-state index contributed by atoms with van der Waals surface area (Å²) in [6, 6.07) is 22.6. The lowest BCUT2D eigenvalue weighted by Gasteiger charge is -2.36. The summed E-state index contributed by atoms with van der Waals surface area (Å²) >= 11 is 0. The molecule has 3 amide bonds. The Labute approximate surface area is 188 Å². The molecule has 1 fully saturated rings. The van der Waals surface area contributed by atoms with E-state index in [-0.39, 0.29) is 11.9 Å². The molecular formula is C26H27N3O3. The van der Waals surface area contributed by atoms with E-state index in [0.717, 1.165) is 30.0 Å². The summed E-state index contributed by atoms with van der Waals surface area (Å²) in [6.07, 6.45) is 0.875. The minimum Gasteiger partial charge on any atom is -0.497 e. The minimum absolute atomic E-state index is 0.0366. The average molecular weight is 430 g/mol. The smallest absolute Gasteiger partial charge is 0.324 e. The van der Waals surface area contributed by atoms with E-state index in [4.69, 9.17) is 4.74 Å². The standard InChI is InChI=1S/C26H27N3O3/c1-19-6-3-7-20(16-19)18-28-14-5-15-29(26(28)31)23-9-4-8-21(17-23)25(30)27-22-10-12-24(32-2)13-11-22/h3-4,6-13,16-17H,5,14-15,18H2,1-2H3,(H,27,30). The molecule has 0 unspecified atom stereocenters. The number of methoxy groups -OCH3 is 1. The van der Waals surface area contributed by atoms with Crippen molar-refractivity contribution in [2.45, 2.75) is 19.9 Å². The van der Waals surface area contributed by atoms with Crippen LogP contribution >= 0.6 is 0 Å². The van der Waals surface area contributed by atoms with Crippen molar-refractivity contribution in [2.75, 3.05) is 30.4 Å². The first-order valence-electron chi connectivity index (χ1n) is 10.7. The quantitative estimate of drug-likeness (QED) is 0.594. The first-order chi connectivity index (χ1) is 15.5. The number of ether oxygens (including phenoxy) is 1. The molecule has 1 aliphatic heterocycles. The van der Waals surface area contributed by atoms with Gasteiger partial charge in [-0.05, 0) is 61.4 Å². The van der Waals surface area contributed by atoms with Crippen molar-refractivity contribution < 1.29 is 14.3 Å². The lowest BCUT2D eigenvalue weighted by molar-refractivity contribution is 0.102. The lowest BCUT2D eigenvalue weighted by atomic mass is 10.1. The van der Waals surface area contributed by atoms with Gasteiger partial charge in [-0.15, -0.1) is 0 Å². The van der Waals surface area contributed by atoms with Crippen molar-refractivity contribution in [3.05, 3.63) is 89.5 Å². The Bertz CT molecular complexity index is 1110. The fourth-order valence-corrected chi connectivity index (χ4v) is 3.89. The Morgan fingerprint density at radius 1 is 1.00 bits per heavy atom. The van der Waals surface area contributed by atoms with Crippen molar-refractivity contribution >= 4 is 23.3 Å². The number of amides is 3. The molecule has 0 aromatic heterocycles. The van der Waals surface area contributed by atoms with E-state index < -0.39 is 0 Å². The lowest BCUT2D eigenvalue weighted by Crippen LogP contribution is -2.49. The molecule has 164 valence electrons.